The van der Waals surface area contributed by atoms with E-state index in [4.69, 9.17) is 11.5 Å². The van der Waals surface area contributed by atoms with Crippen LogP contribution in [0.3, 0.4) is 0 Å². The van der Waals surface area contributed by atoms with Gasteiger partial charge in [-0.3, -0.25) is 10.9 Å². The first-order chi connectivity index (χ1) is 8.59. The highest BCUT2D eigenvalue weighted by Crippen LogP contribution is 1.99. The van der Waals surface area contributed by atoms with Crippen molar-refractivity contribution in [2.24, 2.45) is 21.7 Å². The third kappa shape index (κ3) is 5.32. The van der Waals surface area contributed by atoms with Crippen LogP contribution in [0.15, 0.2) is 40.5 Å². The molecule has 0 aliphatic carbocycles. The van der Waals surface area contributed by atoms with Gasteiger partial charge in [-0.05, 0) is 24.4 Å². The van der Waals surface area contributed by atoms with Crippen LogP contribution in [0, 0.1) is 0 Å². The average Bonchev–Trinajstić information content (AvgIpc) is 2.34. The normalized spacial score (nSPS) is 11.2. The smallest absolute Gasteiger partial charge is 0.184 e. The molecule has 0 bridgehead atoms. The number of benzene rings is 1. The molecule has 0 fully saturated rings. The third-order valence-electron chi connectivity index (χ3n) is 1.72. The Morgan fingerprint density at radius 2 is 1.67 bits per heavy atom. The van der Waals surface area contributed by atoms with Crippen molar-refractivity contribution in [1.29, 1.82) is 0 Å². The summed E-state index contributed by atoms with van der Waals surface area (Å²) in [6, 6.07) is 9.38. The summed E-state index contributed by atoms with van der Waals surface area (Å²) in [5.41, 5.74) is 16.9. The van der Waals surface area contributed by atoms with E-state index in [-0.39, 0.29) is 10.2 Å². The molecule has 0 aliphatic rings. The van der Waals surface area contributed by atoms with Crippen LogP contribution in [0.2, 0.25) is 0 Å². The molecule has 0 radical (unpaired) electrons. The fourth-order valence-corrected chi connectivity index (χ4v) is 1.15. The number of nitrogens with two attached hydrogens (primary N) is 2. The van der Waals surface area contributed by atoms with Gasteiger partial charge in [-0.1, -0.05) is 30.3 Å². The zero-order valence-corrected chi connectivity index (χ0v) is 11.0. The number of hydrogen-bond donors (Lipinski definition) is 4. The number of thiocarbonyl (C=S) groups is 2. The van der Waals surface area contributed by atoms with Gasteiger partial charge in [0, 0.05) is 5.56 Å². The lowest BCUT2D eigenvalue weighted by Crippen LogP contribution is -2.27. The first kappa shape index (κ1) is 14.0. The first-order valence-corrected chi connectivity index (χ1v) is 5.68. The van der Waals surface area contributed by atoms with Crippen molar-refractivity contribution in [2.75, 3.05) is 0 Å². The molecule has 8 heteroatoms. The Labute approximate surface area is 115 Å². The minimum absolute atomic E-state index is 0.0686. The monoisotopic (exact) mass is 280 g/mol. The van der Waals surface area contributed by atoms with Gasteiger partial charge in [-0.25, -0.2) is 0 Å². The molecule has 1 aromatic carbocycles. The SMILES string of the molecule is NC(=S)NN=CC(=NNC(N)=S)c1ccccc1. The first-order valence-electron chi connectivity index (χ1n) is 4.86. The van der Waals surface area contributed by atoms with Crippen LogP contribution in [0.4, 0.5) is 0 Å². The van der Waals surface area contributed by atoms with Crippen LogP contribution in [-0.4, -0.2) is 22.2 Å². The zero-order chi connectivity index (χ0) is 13.4. The number of hydrazone groups is 2. The molecule has 0 amide bonds. The summed E-state index contributed by atoms with van der Waals surface area (Å²) < 4.78 is 0. The second-order valence-corrected chi connectivity index (χ2v) is 3.95. The molecule has 0 aromatic heterocycles. The van der Waals surface area contributed by atoms with Crippen molar-refractivity contribution in [1.82, 2.24) is 10.9 Å². The molecular weight excluding hydrogens is 268 g/mol. The second-order valence-electron chi connectivity index (χ2n) is 3.07. The quantitative estimate of drug-likeness (QED) is 0.353. The number of hydrogen-bond acceptors (Lipinski definition) is 4. The molecule has 1 aromatic rings. The van der Waals surface area contributed by atoms with Crippen molar-refractivity contribution in [2.45, 2.75) is 0 Å². The van der Waals surface area contributed by atoms with Crippen LogP contribution in [0.25, 0.3) is 0 Å². The molecule has 18 heavy (non-hydrogen) atoms. The fraction of sp³-hybridized carbons (Fsp3) is 0. The molecule has 0 aliphatic heterocycles. The van der Waals surface area contributed by atoms with E-state index in [0.29, 0.717) is 5.71 Å². The standard InChI is InChI=1S/C10H12N6S2/c11-9(17)15-13-6-8(14-16-10(12)18)7-4-2-1-3-5-7/h1-6H,(H3,11,15,17)(H3,12,16,18). The van der Waals surface area contributed by atoms with E-state index < -0.39 is 0 Å². The van der Waals surface area contributed by atoms with Crippen LogP contribution >= 0.6 is 24.4 Å². The van der Waals surface area contributed by atoms with Gasteiger partial charge in [0.25, 0.3) is 0 Å². The summed E-state index contributed by atoms with van der Waals surface area (Å²) in [6.45, 7) is 0. The van der Waals surface area contributed by atoms with E-state index >= 15 is 0 Å². The number of nitrogens with zero attached hydrogens (tertiary/aromatic N) is 2. The van der Waals surface area contributed by atoms with Gasteiger partial charge >= 0.3 is 0 Å². The molecule has 0 atom stereocenters. The molecule has 0 saturated carbocycles. The van der Waals surface area contributed by atoms with Crippen LogP contribution in [-0.2, 0) is 0 Å². The van der Waals surface area contributed by atoms with E-state index in [9.17, 15) is 0 Å². The minimum atomic E-state index is 0.0686. The lowest BCUT2D eigenvalue weighted by Gasteiger charge is -2.02. The van der Waals surface area contributed by atoms with Gasteiger partial charge in [0.2, 0.25) is 0 Å². The molecule has 6 nitrogen and oxygen atoms in total. The predicted octanol–water partition coefficient (Wildman–Crippen LogP) is 0.0429. The summed E-state index contributed by atoms with van der Waals surface area (Å²) in [4.78, 5) is 0. The highest BCUT2D eigenvalue weighted by molar-refractivity contribution is 7.80. The maximum Gasteiger partial charge on any atom is 0.184 e. The highest BCUT2D eigenvalue weighted by atomic mass is 32.1. The zero-order valence-electron chi connectivity index (χ0n) is 9.33. The van der Waals surface area contributed by atoms with Crippen molar-refractivity contribution in [3.8, 4) is 0 Å². The highest BCUT2D eigenvalue weighted by Gasteiger charge is 2.00. The van der Waals surface area contributed by atoms with E-state index in [1.807, 2.05) is 30.3 Å². The van der Waals surface area contributed by atoms with Gasteiger partial charge in [-0.2, -0.15) is 10.2 Å². The van der Waals surface area contributed by atoms with Crippen molar-refractivity contribution in [3.63, 3.8) is 0 Å². The second kappa shape index (κ2) is 7.30. The fourth-order valence-electron chi connectivity index (χ4n) is 1.05. The lowest BCUT2D eigenvalue weighted by atomic mass is 10.1. The van der Waals surface area contributed by atoms with E-state index in [0.717, 1.165) is 5.56 Å². The Bertz CT molecular complexity index is 482. The topological polar surface area (TPSA) is 101 Å². The molecular formula is C10H12N6S2. The van der Waals surface area contributed by atoms with Crippen LogP contribution < -0.4 is 22.3 Å². The molecule has 0 unspecified atom stereocenters. The van der Waals surface area contributed by atoms with E-state index in [2.05, 4.69) is 45.5 Å². The molecule has 1 rings (SSSR count). The Morgan fingerprint density at radius 1 is 1.06 bits per heavy atom. The molecule has 94 valence electrons. The maximum atomic E-state index is 5.31. The lowest BCUT2D eigenvalue weighted by molar-refractivity contribution is 1.03. The summed E-state index contributed by atoms with van der Waals surface area (Å²) in [7, 11) is 0. The Hall–Kier alpha value is -2.06. The van der Waals surface area contributed by atoms with Crippen LogP contribution in [0.1, 0.15) is 5.56 Å². The average molecular weight is 280 g/mol. The van der Waals surface area contributed by atoms with Gasteiger partial charge in [0.1, 0.15) is 5.71 Å². The third-order valence-corrected chi connectivity index (χ3v) is 1.90. The van der Waals surface area contributed by atoms with Crippen molar-refractivity contribution >= 4 is 46.6 Å². The molecule has 0 spiro atoms. The minimum Gasteiger partial charge on any atom is -0.375 e. The van der Waals surface area contributed by atoms with Gasteiger partial charge in [-0.15, -0.1) is 0 Å². The summed E-state index contributed by atoms with van der Waals surface area (Å²) >= 11 is 9.30. The Kier molecular flexibility index (Phi) is 5.68. The molecule has 0 heterocycles. The van der Waals surface area contributed by atoms with E-state index in [1.165, 1.54) is 6.21 Å². The Morgan fingerprint density at radius 3 is 2.22 bits per heavy atom. The molecule has 6 N–H and O–H groups in total. The number of rotatable bonds is 4. The van der Waals surface area contributed by atoms with Crippen molar-refractivity contribution < 1.29 is 0 Å². The van der Waals surface area contributed by atoms with Gasteiger partial charge in [0.15, 0.2) is 10.2 Å². The van der Waals surface area contributed by atoms with Gasteiger partial charge < -0.3 is 11.5 Å². The Balaban J connectivity index is 2.89. The summed E-state index contributed by atoms with van der Waals surface area (Å²) in [6.07, 6.45) is 1.46. The molecule has 0 saturated heterocycles. The summed E-state index contributed by atoms with van der Waals surface area (Å²) in [5, 5.41) is 7.99. The summed E-state index contributed by atoms with van der Waals surface area (Å²) in [5.74, 6) is 0. The maximum absolute atomic E-state index is 5.31. The largest absolute Gasteiger partial charge is 0.375 e. The number of nitrogens with one attached hydrogen (secondary N) is 2. The van der Waals surface area contributed by atoms with Crippen molar-refractivity contribution in [3.05, 3.63) is 35.9 Å². The predicted molar refractivity (Wildman–Crippen MR) is 81.3 cm³/mol. The van der Waals surface area contributed by atoms with E-state index in [1.54, 1.807) is 0 Å². The van der Waals surface area contributed by atoms with Gasteiger partial charge in [0.05, 0.1) is 6.21 Å². The van der Waals surface area contributed by atoms with Crippen LogP contribution in [0.5, 0.6) is 0 Å².